The van der Waals surface area contributed by atoms with Crippen molar-refractivity contribution in [2.75, 3.05) is 26.1 Å². The van der Waals surface area contributed by atoms with Crippen LogP contribution in [-0.2, 0) is 16.4 Å². The Labute approximate surface area is 205 Å². The van der Waals surface area contributed by atoms with E-state index in [1.165, 1.54) is 20.3 Å². The van der Waals surface area contributed by atoms with Crippen LogP contribution in [0.25, 0.3) is 0 Å². The van der Waals surface area contributed by atoms with Crippen molar-refractivity contribution in [2.24, 2.45) is 0 Å². The average molecular weight is 501 g/mol. The van der Waals surface area contributed by atoms with Gasteiger partial charge in [0.1, 0.15) is 10.7 Å². The summed E-state index contributed by atoms with van der Waals surface area (Å²) in [6.45, 7) is 4.15. The van der Waals surface area contributed by atoms with Crippen molar-refractivity contribution < 1.29 is 27.1 Å². The van der Waals surface area contributed by atoms with Gasteiger partial charge in [-0.05, 0) is 65.9 Å². The van der Waals surface area contributed by atoms with Gasteiger partial charge in [0, 0.05) is 17.8 Å². The highest BCUT2D eigenvalue weighted by Gasteiger charge is 2.21. The first-order valence-electron chi connectivity index (χ1n) is 11.1. The highest BCUT2D eigenvalue weighted by molar-refractivity contribution is 7.89. The summed E-state index contributed by atoms with van der Waals surface area (Å²) < 4.78 is 52.8. The van der Waals surface area contributed by atoms with Crippen molar-refractivity contribution in [3.8, 4) is 11.5 Å². The van der Waals surface area contributed by atoms with Crippen LogP contribution >= 0.6 is 0 Å². The Bertz CT molecular complexity index is 1290. The number of nitrogens with one attached hydrogen (secondary N) is 2. The molecule has 2 N–H and O–H groups in total. The summed E-state index contributed by atoms with van der Waals surface area (Å²) in [5.41, 5.74) is 2.51. The fourth-order valence-electron chi connectivity index (χ4n) is 3.45. The molecule has 0 aliphatic rings. The number of anilines is 1. The summed E-state index contributed by atoms with van der Waals surface area (Å²) >= 11 is 0. The minimum atomic E-state index is -4.19. The van der Waals surface area contributed by atoms with Gasteiger partial charge in [0.15, 0.2) is 11.5 Å². The molecule has 0 spiro atoms. The standard InChI is InChI=1S/C26H29FN2O5S/c1-17(2)19-6-9-21(10-7-19)29-26(30)20-8-11-22(27)25(16-20)35(31,32)28-14-13-18-5-12-23(33-3)24(15-18)34-4/h5-12,15-17,28H,13-14H2,1-4H3,(H,29,30). The fourth-order valence-corrected chi connectivity index (χ4v) is 4.58. The molecule has 0 saturated carbocycles. The molecule has 0 heterocycles. The number of hydrogen-bond acceptors (Lipinski definition) is 5. The summed E-state index contributed by atoms with van der Waals surface area (Å²) in [6.07, 6.45) is 0.341. The number of carbonyl (C=O) groups excluding carboxylic acids is 1. The van der Waals surface area contributed by atoms with Gasteiger partial charge in [-0.3, -0.25) is 4.79 Å². The molecule has 0 aliphatic heterocycles. The van der Waals surface area contributed by atoms with Crippen LogP contribution in [0.4, 0.5) is 10.1 Å². The van der Waals surface area contributed by atoms with Crippen molar-refractivity contribution in [1.29, 1.82) is 0 Å². The molecule has 9 heteroatoms. The highest BCUT2D eigenvalue weighted by Crippen LogP contribution is 2.27. The number of amides is 1. The van der Waals surface area contributed by atoms with E-state index in [1.54, 1.807) is 30.3 Å². The summed E-state index contributed by atoms with van der Waals surface area (Å²) in [5.74, 6) is -0.0456. The number of carbonyl (C=O) groups is 1. The number of sulfonamides is 1. The maximum Gasteiger partial charge on any atom is 0.255 e. The van der Waals surface area contributed by atoms with Crippen LogP contribution in [0.5, 0.6) is 11.5 Å². The molecule has 3 aromatic carbocycles. The molecule has 3 aromatic rings. The fraction of sp³-hybridized carbons (Fsp3) is 0.269. The predicted molar refractivity (Wildman–Crippen MR) is 133 cm³/mol. The van der Waals surface area contributed by atoms with Gasteiger partial charge in [-0.1, -0.05) is 32.0 Å². The molecular formula is C26H29FN2O5S. The van der Waals surface area contributed by atoms with Crippen LogP contribution in [0.2, 0.25) is 0 Å². The zero-order valence-corrected chi connectivity index (χ0v) is 20.9. The molecule has 186 valence electrons. The summed E-state index contributed by atoms with van der Waals surface area (Å²) in [7, 11) is -1.16. The number of ether oxygens (including phenoxy) is 2. The van der Waals surface area contributed by atoms with E-state index in [0.717, 1.165) is 23.3 Å². The molecule has 35 heavy (non-hydrogen) atoms. The highest BCUT2D eigenvalue weighted by atomic mass is 32.2. The van der Waals surface area contributed by atoms with Crippen LogP contribution in [0.15, 0.2) is 65.6 Å². The smallest absolute Gasteiger partial charge is 0.255 e. The second-order valence-corrected chi connectivity index (χ2v) is 9.95. The molecular weight excluding hydrogens is 471 g/mol. The maximum absolute atomic E-state index is 14.4. The third-order valence-corrected chi connectivity index (χ3v) is 6.95. The van der Waals surface area contributed by atoms with Crippen LogP contribution in [0.3, 0.4) is 0 Å². The van der Waals surface area contributed by atoms with Crippen molar-refractivity contribution in [3.05, 3.63) is 83.2 Å². The van der Waals surface area contributed by atoms with Crippen LogP contribution in [0.1, 0.15) is 41.3 Å². The van der Waals surface area contributed by atoms with Crippen molar-refractivity contribution in [2.45, 2.75) is 31.1 Å². The van der Waals surface area contributed by atoms with E-state index in [9.17, 15) is 17.6 Å². The first-order valence-corrected chi connectivity index (χ1v) is 12.5. The zero-order chi connectivity index (χ0) is 25.6. The SMILES string of the molecule is COc1ccc(CCNS(=O)(=O)c2cc(C(=O)Nc3ccc(C(C)C)cc3)ccc2F)cc1OC. The van der Waals surface area contributed by atoms with E-state index in [4.69, 9.17) is 9.47 Å². The Balaban J connectivity index is 1.70. The molecule has 0 radical (unpaired) electrons. The van der Waals surface area contributed by atoms with Gasteiger partial charge in [-0.2, -0.15) is 0 Å². The van der Waals surface area contributed by atoms with Gasteiger partial charge in [0.05, 0.1) is 14.2 Å². The van der Waals surface area contributed by atoms with Crippen LogP contribution in [-0.4, -0.2) is 35.1 Å². The van der Waals surface area contributed by atoms with E-state index in [2.05, 4.69) is 23.9 Å². The normalized spacial score (nSPS) is 11.4. The largest absolute Gasteiger partial charge is 0.493 e. The number of rotatable bonds is 10. The number of benzene rings is 3. The molecule has 0 aromatic heterocycles. The Morgan fingerprint density at radius 3 is 2.26 bits per heavy atom. The Kier molecular flexibility index (Phi) is 8.48. The van der Waals surface area contributed by atoms with Gasteiger partial charge in [0.2, 0.25) is 10.0 Å². The van der Waals surface area contributed by atoms with Crippen LogP contribution in [0, 0.1) is 5.82 Å². The number of hydrogen-bond donors (Lipinski definition) is 2. The topological polar surface area (TPSA) is 93.7 Å². The van der Waals surface area contributed by atoms with Gasteiger partial charge >= 0.3 is 0 Å². The lowest BCUT2D eigenvalue weighted by molar-refractivity contribution is 0.102. The van der Waals surface area contributed by atoms with E-state index < -0.39 is 26.6 Å². The van der Waals surface area contributed by atoms with Gasteiger partial charge in [0.25, 0.3) is 5.91 Å². The van der Waals surface area contributed by atoms with Gasteiger partial charge in [-0.15, -0.1) is 0 Å². The Hall–Kier alpha value is -3.43. The molecule has 0 fully saturated rings. The number of methoxy groups -OCH3 is 2. The van der Waals surface area contributed by atoms with E-state index >= 15 is 0 Å². The lowest BCUT2D eigenvalue weighted by Crippen LogP contribution is -2.27. The van der Waals surface area contributed by atoms with Crippen molar-refractivity contribution in [1.82, 2.24) is 4.72 Å². The van der Waals surface area contributed by atoms with E-state index in [-0.39, 0.29) is 12.1 Å². The maximum atomic E-state index is 14.4. The average Bonchev–Trinajstić information content (AvgIpc) is 2.84. The molecule has 7 nitrogen and oxygen atoms in total. The zero-order valence-electron chi connectivity index (χ0n) is 20.1. The van der Waals surface area contributed by atoms with Crippen molar-refractivity contribution in [3.63, 3.8) is 0 Å². The molecule has 0 saturated heterocycles. The molecule has 0 unspecified atom stereocenters. The minimum absolute atomic E-state index is 0.0237. The molecule has 3 rings (SSSR count). The Morgan fingerprint density at radius 1 is 0.943 bits per heavy atom. The Morgan fingerprint density at radius 2 is 1.63 bits per heavy atom. The van der Waals surface area contributed by atoms with Crippen LogP contribution < -0.4 is 19.5 Å². The quantitative estimate of drug-likeness (QED) is 0.419. The molecule has 1 amide bonds. The lowest BCUT2D eigenvalue weighted by atomic mass is 10.0. The summed E-state index contributed by atoms with van der Waals surface area (Å²) in [6, 6.07) is 15.9. The van der Waals surface area contributed by atoms with E-state index in [1.807, 2.05) is 12.1 Å². The number of halogens is 1. The predicted octanol–water partition coefficient (Wildman–Crippen LogP) is 4.74. The first-order chi connectivity index (χ1) is 16.6. The third-order valence-electron chi connectivity index (χ3n) is 5.47. The second kappa shape index (κ2) is 11.3. The molecule has 0 bridgehead atoms. The van der Waals surface area contributed by atoms with Crippen molar-refractivity contribution >= 4 is 21.6 Å². The van der Waals surface area contributed by atoms with E-state index in [0.29, 0.717) is 29.5 Å². The van der Waals surface area contributed by atoms with Gasteiger partial charge < -0.3 is 14.8 Å². The minimum Gasteiger partial charge on any atom is -0.493 e. The summed E-state index contributed by atoms with van der Waals surface area (Å²) in [5, 5.41) is 2.71. The summed E-state index contributed by atoms with van der Waals surface area (Å²) in [4.78, 5) is 12.1. The monoisotopic (exact) mass is 500 g/mol. The molecule has 0 atom stereocenters. The second-order valence-electron chi connectivity index (χ2n) is 8.21. The molecule has 0 aliphatic carbocycles. The first kappa shape index (κ1) is 26.2. The lowest BCUT2D eigenvalue weighted by Gasteiger charge is -2.12. The third kappa shape index (κ3) is 6.58. The van der Waals surface area contributed by atoms with Gasteiger partial charge in [-0.25, -0.2) is 17.5 Å².